The molecule has 0 saturated heterocycles. The maximum Gasteiger partial charge on any atom is 0.435 e. The molecule has 4 nitrogen and oxygen atoms in total. The summed E-state index contributed by atoms with van der Waals surface area (Å²) in [5.74, 6) is -0.0613. The van der Waals surface area contributed by atoms with Crippen LogP contribution in [0.4, 0.5) is 27.8 Å². The van der Waals surface area contributed by atoms with Crippen LogP contribution in [0.2, 0.25) is 0 Å². The van der Waals surface area contributed by atoms with Gasteiger partial charge in [0.1, 0.15) is 0 Å². The molecule has 18 heavy (non-hydrogen) atoms. The molecule has 9 heteroatoms. The third-order valence-electron chi connectivity index (χ3n) is 2.02. The van der Waals surface area contributed by atoms with E-state index in [1.54, 1.807) is 0 Å². The van der Waals surface area contributed by atoms with Crippen LogP contribution in [0.15, 0.2) is 12.1 Å². The standard InChI is InChI=1S/C9H11F5N4/c10-7(11)5-18(4-3-15)8-2-1-6(16-17-8)9(12,13)14/h1-2,7H,3-5,15H2. The fraction of sp³-hybridized carbons (Fsp3) is 0.556. The highest BCUT2D eigenvalue weighted by Crippen LogP contribution is 2.27. The van der Waals surface area contributed by atoms with Crippen LogP contribution in [-0.4, -0.2) is 36.3 Å². The Morgan fingerprint density at radius 2 is 1.89 bits per heavy atom. The van der Waals surface area contributed by atoms with Gasteiger partial charge in [-0.05, 0) is 12.1 Å². The summed E-state index contributed by atoms with van der Waals surface area (Å²) in [7, 11) is 0. The van der Waals surface area contributed by atoms with Crippen LogP contribution in [0, 0.1) is 0 Å². The summed E-state index contributed by atoms with van der Waals surface area (Å²) in [5.41, 5.74) is 4.06. The van der Waals surface area contributed by atoms with E-state index >= 15 is 0 Å². The second-order valence-corrected chi connectivity index (χ2v) is 3.40. The maximum absolute atomic E-state index is 12.3. The van der Waals surface area contributed by atoms with Gasteiger partial charge in [-0.1, -0.05) is 0 Å². The highest BCUT2D eigenvalue weighted by molar-refractivity contribution is 5.37. The zero-order valence-corrected chi connectivity index (χ0v) is 9.16. The van der Waals surface area contributed by atoms with Crippen molar-refractivity contribution in [3.8, 4) is 0 Å². The Kier molecular flexibility index (Phi) is 4.76. The van der Waals surface area contributed by atoms with Gasteiger partial charge in [-0.25, -0.2) is 8.78 Å². The third kappa shape index (κ3) is 4.06. The number of nitrogens with zero attached hydrogens (tertiary/aromatic N) is 3. The van der Waals surface area contributed by atoms with Crippen LogP contribution >= 0.6 is 0 Å². The molecule has 0 aromatic carbocycles. The smallest absolute Gasteiger partial charge is 0.348 e. The van der Waals surface area contributed by atoms with Crippen molar-refractivity contribution in [3.05, 3.63) is 17.8 Å². The maximum atomic E-state index is 12.3. The molecule has 1 aromatic rings. The minimum Gasteiger partial charge on any atom is -0.348 e. The van der Waals surface area contributed by atoms with E-state index in [-0.39, 0.29) is 18.9 Å². The average molecular weight is 270 g/mol. The lowest BCUT2D eigenvalue weighted by Gasteiger charge is -2.22. The van der Waals surface area contributed by atoms with Gasteiger partial charge in [0.05, 0.1) is 6.54 Å². The summed E-state index contributed by atoms with van der Waals surface area (Å²) in [4.78, 5) is 1.08. The molecule has 0 aliphatic carbocycles. The Labute approximate surface area is 99.6 Å². The molecule has 1 heterocycles. The third-order valence-corrected chi connectivity index (χ3v) is 2.02. The molecule has 102 valence electrons. The molecule has 0 atom stereocenters. The first-order chi connectivity index (χ1) is 8.34. The van der Waals surface area contributed by atoms with E-state index in [0.29, 0.717) is 6.07 Å². The predicted molar refractivity (Wildman–Crippen MR) is 54.3 cm³/mol. The number of aromatic nitrogens is 2. The van der Waals surface area contributed by atoms with Gasteiger partial charge in [0.2, 0.25) is 0 Å². The van der Waals surface area contributed by atoms with Gasteiger partial charge in [-0.15, -0.1) is 10.2 Å². The Morgan fingerprint density at radius 3 is 2.28 bits per heavy atom. The number of alkyl halides is 5. The van der Waals surface area contributed by atoms with Gasteiger partial charge < -0.3 is 10.6 Å². The first-order valence-electron chi connectivity index (χ1n) is 4.98. The van der Waals surface area contributed by atoms with E-state index in [1.165, 1.54) is 0 Å². The minimum absolute atomic E-state index is 0.0599. The molecular formula is C9H11F5N4. The molecule has 0 radical (unpaired) electrons. The Balaban J connectivity index is 2.86. The van der Waals surface area contributed by atoms with E-state index in [9.17, 15) is 22.0 Å². The minimum atomic E-state index is -4.60. The van der Waals surface area contributed by atoms with Gasteiger partial charge in [-0.2, -0.15) is 13.2 Å². The topological polar surface area (TPSA) is 55.0 Å². The molecular weight excluding hydrogens is 259 g/mol. The molecule has 0 amide bonds. The normalized spacial score (nSPS) is 11.9. The van der Waals surface area contributed by atoms with E-state index in [4.69, 9.17) is 5.73 Å². The Bertz CT molecular complexity index is 364. The van der Waals surface area contributed by atoms with Crippen LogP contribution in [0.25, 0.3) is 0 Å². The highest BCUT2D eigenvalue weighted by Gasteiger charge is 2.33. The average Bonchev–Trinajstić information content (AvgIpc) is 2.27. The Hall–Kier alpha value is -1.51. The molecule has 2 N–H and O–H groups in total. The fourth-order valence-electron chi connectivity index (χ4n) is 1.27. The number of hydrogen-bond acceptors (Lipinski definition) is 4. The summed E-state index contributed by atoms with van der Waals surface area (Å²) in [6.07, 6.45) is -7.24. The van der Waals surface area contributed by atoms with Crippen LogP contribution in [0.3, 0.4) is 0 Å². The van der Waals surface area contributed by atoms with Crippen LogP contribution < -0.4 is 10.6 Å². The molecule has 0 spiro atoms. The van der Waals surface area contributed by atoms with Crippen molar-refractivity contribution in [2.75, 3.05) is 24.5 Å². The quantitative estimate of drug-likeness (QED) is 0.824. The lowest BCUT2D eigenvalue weighted by Crippen LogP contribution is -2.34. The number of rotatable bonds is 5. The molecule has 0 saturated carbocycles. The monoisotopic (exact) mass is 270 g/mol. The van der Waals surface area contributed by atoms with Gasteiger partial charge in [-0.3, -0.25) is 0 Å². The number of nitrogens with two attached hydrogens (primary N) is 1. The fourth-order valence-corrected chi connectivity index (χ4v) is 1.27. The van der Waals surface area contributed by atoms with Crippen molar-refractivity contribution in [2.45, 2.75) is 12.6 Å². The second-order valence-electron chi connectivity index (χ2n) is 3.40. The largest absolute Gasteiger partial charge is 0.435 e. The molecule has 1 aromatic heterocycles. The molecule has 0 aliphatic heterocycles. The van der Waals surface area contributed by atoms with E-state index in [1.807, 2.05) is 0 Å². The first kappa shape index (κ1) is 14.6. The Morgan fingerprint density at radius 1 is 1.22 bits per heavy atom. The molecule has 0 unspecified atom stereocenters. The lowest BCUT2D eigenvalue weighted by molar-refractivity contribution is -0.141. The zero-order chi connectivity index (χ0) is 13.8. The number of hydrogen-bond donors (Lipinski definition) is 1. The first-order valence-corrected chi connectivity index (χ1v) is 4.98. The summed E-state index contributed by atoms with van der Waals surface area (Å²) in [6, 6.07) is 1.69. The van der Waals surface area contributed by atoms with E-state index < -0.39 is 24.8 Å². The van der Waals surface area contributed by atoms with Crippen LogP contribution in [0.5, 0.6) is 0 Å². The van der Waals surface area contributed by atoms with Crippen molar-refractivity contribution >= 4 is 5.82 Å². The number of halogens is 5. The number of anilines is 1. The van der Waals surface area contributed by atoms with Gasteiger partial charge >= 0.3 is 6.18 Å². The summed E-state index contributed by atoms with van der Waals surface area (Å²) < 4.78 is 61.2. The predicted octanol–water partition coefficient (Wildman–Crippen LogP) is 1.53. The second kappa shape index (κ2) is 5.89. The van der Waals surface area contributed by atoms with E-state index in [2.05, 4.69) is 10.2 Å². The van der Waals surface area contributed by atoms with Crippen molar-refractivity contribution in [1.29, 1.82) is 0 Å². The molecule has 0 bridgehead atoms. The van der Waals surface area contributed by atoms with Gasteiger partial charge in [0.15, 0.2) is 11.5 Å². The summed E-state index contributed by atoms with van der Waals surface area (Å²) in [6.45, 7) is -0.517. The van der Waals surface area contributed by atoms with Gasteiger partial charge in [0.25, 0.3) is 6.43 Å². The van der Waals surface area contributed by atoms with Gasteiger partial charge in [0, 0.05) is 13.1 Å². The van der Waals surface area contributed by atoms with Crippen molar-refractivity contribution in [2.24, 2.45) is 5.73 Å². The molecule has 0 aliphatic rings. The van der Waals surface area contributed by atoms with Crippen LogP contribution in [0.1, 0.15) is 5.69 Å². The SMILES string of the molecule is NCCN(CC(F)F)c1ccc(C(F)(F)F)nn1. The van der Waals surface area contributed by atoms with Crippen LogP contribution in [-0.2, 0) is 6.18 Å². The van der Waals surface area contributed by atoms with E-state index in [0.717, 1.165) is 11.0 Å². The lowest BCUT2D eigenvalue weighted by atomic mass is 10.3. The van der Waals surface area contributed by atoms with Crippen molar-refractivity contribution in [3.63, 3.8) is 0 Å². The molecule has 0 fully saturated rings. The molecule has 1 rings (SSSR count). The van der Waals surface area contributed by atoms with Crippen molar-refractivity contribution < 1.29 is 22.0 Å². The van der Waals surface area contributed by atoms with Crippen molar-refractivity contribution in [1.82, 2.24) is 10.2 Å². The summed E-state index contributed by atoms with van der Waals surface area (Å²) >= 11 is 0. The highest BCUT2D eigenvalue weighted by atomic mass is 19.4. The summed E-state index contributed by atoms with van der Waals surface area (Å²) in [5, 5.41) is 6.24. The zero-order valence-electron chi connectivity index (χ0n) is 9.16.